The van der Waals surface area contributed by atoms with Gasteiger partial charge < -0.3 is 19.4 Å². The molecular formula is C26H27FN4O4. The van der Waals surface area contributed by atoms with Crippen LogP contribution in [0.4, 0.5) is 10.1 Å². The number of anilines is 1. The average Bonchev–Trinajstić information content (AvgIpc) is 3.38. The number of carbonyl (C=O) groups is 2. The maximum atomic E-state index is 15.4. The number of halogens is 1. The molecule has 35 heavy (non-hydrogen) atoms. The van der Waals surface area contributed by atoms with Gasteiger partial charge in [-0.1, -0.05) is 19.1 Å². The van der Waals surface area contributed by atoms with E-state index in [1.807, 2.05) is 24.3 Å². The highest BCUT2D eigenvalue weighted by molar-refractivity contribution is 6.06. The zero-order valence-electron chi connectivity index (χ0n) is 20.3. The zero-order chi connectivity index (χ0) is 25.1. The van der Waals surface area contributed by atoms with Gasteiger partial charge in [-0.25, -0.2) is 18.5 Å². The van der Waals surface area contributed by atoms with Gasteiger partial charge in [0.05, 0.1) is 35.6 Å². The first-order valence-electron chi connectivity index (χ1n) is 11.5. The standard InChI is InChI=1S/C26H27FN4O4/c1-6-16-12-28-18-9-7-8-14-11-19(31(16)22(14)18)21-20(25(33)35-26(2,3)4)23-17(27)10-15(24(32)34-5)13-30(23)29-21/h7-11,13,16,28H,6,12H2,1-5H3. The van der Waals surface area contributed by atoms with E-state index in [2.05, 4.69) is 21.9 Å². The minimum absolute atomic E-state index is 0.0122. The van der Waals surface area contributed by atoms with Crippen molar-refractivity contribution in [2.75, 3.05) is 19.0 Å². The van der Waals surface area contributed by atoms with Crippen LogP contribution in [0, 0.1) is 5.82 Å². The van der Waals surface area contributed by atoms with Gasteiger partial charge in [0.1, 0.15) is 22.4 Å². The van der Waals surface area contributed by atoms with Crippen molar-refractivity contribution < 1.29 is 23.5 Å². The smallest absolute Gasteiger partial charge is 0.343 e. The van der Waals surface area contributed by atoms with E-state index in [-0.39, 0.29) is 22.7 Å². The quantitative estimate of drug-likeness (QED) is 0.405. The van der Waals surface area contributed by atoms with Gasteiger partial charge in [-0.05, 0) is 45.4 Å². The minimum atomic E-state index is -0.799. The normalized spacial score (nSPS) is 15.3. The van der Waals surface area contributed by atoms with Gasteiger partial charge in [-0.15, -0.1) is 0 Å². The van der Waals surface area contributed by atoms with Crippen LogP contribution >= 0.6 is 0 Å². The Morgan fingerprint density at radius 1 is 1.20 bits per heavy atom. The fraction of sp³-hybridized carbons (Fsp3) is 0.346. The van der Waals surface area contributed by atoms with Crippen molar-refractivity contribution in [1.82, 2.24) is 14.2 Å². The van der Waals surface area contributed by atoms with E-state index in [0.29, 0.717) is 17.9 Å². The lowest BCUT2D eigenvalue weighted by atomic mass is 10.1. The van der Waals surface area contributed by atoms with Crippen LogP contribution in [0.5, 0.6) is 0 Å². The molecule has 182 valence electrons. The lowest BCUT2D eigenvalue weighted by Crippen LogP contribution is -2.25. The Labute approximate surface area is 201 Å². The summed E-state index contributed by atoms with van der Waals surface area (Å²) in [6, 6.07) is 9.09. The van der Waals surface area contributed by atoms with Crippen LogP contribution in [0.25, 0.3) is 27.8 Å². The van der Waals surface area contributed by atoms with E-state index in [1.54, 1.807) is 20.8 Å². The third-order valence-electron chi connectivity index (χ3n) is 6.17. The molecule has 1 unspecified atom stereocenters. The Morgan fingerprint density at radius 3 is 2.66 bits per heavy atom. The highest BCUT2D eigenvalue weighted by Crippen LogP contribution is 2.41. The van der Waals surface area contributed by atoms with Crippen molar-refractivity contribution in [2.24, 2.45) is 0 Å². The van der Waals surface area contributed by atoms with Gasteiger partial charge in [0, 0.05) is 18.1 Å². The van der Waals surface area contributed by atoms with E-state index in [9.17, 15) is 9.59 Å². The third-order valence-corrected chi connectivity index (χ3v) is 6.17. The van der Waals surface area contributed by atoms with E-state index >= 15 is 4.39 Å². The first-order chi connectivity index (χ1) is 16.6. The number of rotatable bonds is 4. The maximum Gasteiger partial charge on any atom is 0.343 e. The lowest BCUT2D eigenvalue weighted by molar-refractivity contribution is 0.00721. The van der Waals surface area contributed by atoms with Crippen LogP contribution in [0.3, 0.4) is 0 Å². The first kappa shape index (κ1) is 22.9. The predicted octanol–water partition coefficient (Wildman–Crippen LogP) is 5.21. The first-order valence-corrected chi connectivity index (χ1v) is 11.5. The molecule has 0 radical (unpaired) electrons. The van der Waals surface area contributed by atoms with Gasteiger partial charge in [0.15, 0.2) is 5.82 Å². The number of hydrogen-bond donors (Lipinski definition) is 1. The highest BCUT2D eigenvalue weighted by Gasteiger charge is 2.32. The summed E-state index contributed by atoms with van der Waals surface area (Å²) in [6.07, 6.45) is 2.21. The number of carbonyl (C=O) groups excluding carboxylic acids is 2. The van der Waals surface area contributed by atoms with Crippen LogP contribution in [-0.4, -0.2) is 45.4 Å². The molecule has 0 spiro atoms. The number of nitrogens with zero attached hydrogens (tertiary/aromatic N) is 3. The Hall–Kier alpha value is -3.88. The van der Waals surface area contributed by atoms with Crippen molar-refractivity contribution in [1.29, 1.82) is 0 Å². The van der Waals surface area contributed by atoms with Gasteiger partial charge in [-0.2, -0.15) is 5.10 Å². The summed E-state index contributed by atoms with van der Waals surface area (Å²) >= 11 is 0. The van der Waals surface area contributed by atoms with Crippen molar-refractivity contribution in [3.63, 3.8) is 0 Å². The number of nitrogens with one attached hydrogen (secondary N) is 1. The number of pyridine rings is 1. The number of methoxy groups -OCH3 is 1. The number of aromatic nitrogens is 3. The van der Waals surface area contributed by atoms with Crippen LogP contribution in [-0.2, 0) is 9.47 Å². The third kappa shape index (κ3) is 3.71. The minimum Gasteiger partial charge on any atom is -0.465 e. The largest absolute Gasteiger partial charge is 0.465 e. The summed E-state index contributed by atoms with van der Waals surface area (Å²) in [4.78, 5) is 25.6. The SMILES string of the molecule is CCC1CNc2cccc3cc(-c4nn5cc(C(=O)OC)cc(F)c5c4C(=O)OC(C)(C)C)n1c23. The average molecular weight is 479 g/mol. The van der Waals surface area contributed by atoms with Crippen molar-refractivity contribution >= 4 is 34.0 Å². The molecule has 3 aromatic heterocycles. The molecule has 1 aliphatic rings. The summed E-state index contributed by atoms with van der Waals surface area (Å²) in [7, 11) is 1.22. The van der Waals surface area contributed by atoms with E-state index in [1.165, 1.54) is 17.8 Å². The second-order valence-electron chi connectivity index (χ2n) is 9.67. The summed E-state index contributed by atoms with van der Waals surface area (Å²) in [5, 5.41) is 9.08. The molecule has 4 aromatic rings. The van der Waals surface area contributed by atoms with Gasteiger partial charge >= 0.3 is 11.9 Å². The fourth-order valence-electron chi connectivity index (χ4n) is 4.70. The highest BCUT2D eigenvalue weighted by atomic mass is 19.1. The fourth-order valence-corrected chi connectivity index (χ4v) is 4.70. The molecule has 0 bridgehead atoms. The monoisotopic (exact) mass is 478 g/mol. The molecule has 5 rings (SSSR count). The van der Waals surface area contributed by atoms with Crippen LogP contribution < -0.4 is 5.32 Å². The molecule has 0 amide bonds. The van der Waals surface area contributed by atoms with Gasteiger partial charge in [0.2, 0.25) is 0 Å². The molecule has 8 nitrogen and oxygen atoms in total. The van der Waals surface area contributed by atoms with E-state index in [0.717, 1.165) is 29.1 Å². The molecule has 1 N–H and O–H groups in total. The number of esters is 2. The number of fused-ring (bicyclic) bond motifs is 1. The van der Waals surface area contributed by atoms with Crippen molar-refractivity contribution in [3.8, 4) is 11.4 Å². The maximum absolute atomic E-state index is 15.4. The number of para-hydroxylation sites is 1. The summed E-state index contributed by atoms with van der Waals surface area (Å²) in [5.74, 6) is -2.16. The molecule has 1 aromatic carbocycles. The number of benzene rings is 1. The molecular weight excluding hydrogens is 451 g/mol. The van der Waals surface area contributed by atoms with E-state index in [4.69, 9.17) is 9.47 Å². The lowest BCUT2D eigenvalue weighted by Gasteiger charge is -2.28. The number of hydrogen-bond acceptors (Lipinski definition) is 6. The summed E-state index contributed by atoms with van der Waals surface area (Å²) in [5.41, 5.74) is 2.12. The topological polar surface area (TPSA) is 86.9 Å². The second-order valence-corrected chi connectivity index (χ2v) is 9.67. The van der Waals surface area contributed by atoms with Crippen molar-refractivity contribution in [2.45, 2.75) is 45.8 Å². The van der Waals surface area contributed by atoms with Gasteiger partial charge in [0.25, 0.3) is 0 Å². The molecule has 0 aliphatic carbocycles. The molecule has 1 atom stereocenters. The molecule has 4 heterocycles. The Bertz CT molecular complexity index is 1500. The Kier molecular flexibility index (Phi) is 5.30. The van der Waals surface area contributed by atoms with Crippen LogP contribution in [0.2, 0.25) is 0 Å². The molecule has 9 heteroatoms. The second kappa shape index (κ2) is 8.11. The van der Waals surface area contributed by atoms with Crippen LogP contribution in [0.1, 0.15) is 60.9 Å². The van der Waals surface area contributed by atoms with Crippen molar-refractivity contribution in [3.05, 3.63) is 53.5 Å². The molecule has 0 saturated carbocycles. The molecule has 0 fully saturated rings. The van der Waals surface area contributed by atoms with Crippen LogP contribution in [0.15, 0.2) is 36.5 Å². The van der Waals surface area contributed by atoms with Gasteiger partial charge in [-0.3, -0.25) is 0 Å². The summed E-state index contributed by atoms with van der Waals surface area (Å²) in [6.45, 7) is 8.06. The Morgan fingerprint density at radius 2 is 1.97 bits per heavy atom. The van der Waals surface area contributed by atoms with E-state index < -0.39 is 23.4 Å². The molecule has 0 saturated heterocycles. The summed E-state index contributed by atoms with van der Waals surface area (Å²) < 4.78 is 29.3. The Balaban J connectivity index is 1.85. The molecule has 1 aliphatic heterocycles. The predicted molar refractivity (Wildman–Crippen MR) is 130 cm³/mol. The zero-order valence-corrected chi connectivity index (χ0v) is 20.3. The number of ether oxygens (including phenoxy) is 2.